The first-order chi connectivity index (χ1) is 11.4. The molecule has 0 atom stereocenters. The first kappa shape index (κ1) is 17.3. The van der Waals surface area contributed by atoms with Crippen LogP contribution in [0.5, 0.6) is 5.75 Å². The molecular weight excluding hydrogens is 312 g/mol. The highest BCUT2D eigenvalue weighted by Crippen LogP contribution is 2.20. The molecule has 2 aromatic rings. The largest absolute Gasteiger partial charge is 0.497 e. The molecule has 0 radical (unpaired) electrons. The van der Waals surface area contributed by atoms with Gasteiger partial charge in [0.1, 0.15) is 17.1 Å². The van der Waals surface area contributed by atoms with Gasteiger partial charge in [-0.15, -0.1) is 0 Å². The molecule has 7 nitrogen and oxygen atoms in total. The van der Waals surface area contributed by atoms with E-state index in [9.17, 15) is 14.4 Å². The van der Waals surface area contributed by atoms with Crippen molar-refractivity contribution in [2.45, 2.75) is 13.8 Å². The van der Waals surface area contributed by atoms with Crippen molar-refractivity contribution >= 4 is 17.6 Å². The van der Waals surface area contributed by atoms with Crippen LogP contribution >= 0.6 is 0 Å². The van der Waals surface area contributed by atoms with Crippen molar-refractivity contribution in [1.29, 1.82) is 0 Å². The van der Waals surface area contributed by atoms with Crippen LogP contribution in [0.25, 0.3) is 5.69 Å². The third-order valence-corrected chi connectivity index (χ3v) is 3.44. The van der Waals surface area contributed by atoms with Crippen LogP contribution in [0.2, 0.25) is 0 Å². The van der Waals surface area contributed by atoms with Gasteiger partial charge in [-0.3, -0.25) is 14.2 Å². The number of carbonyl (C=O) groups is 2. The molecule has 2 N–H and O–H groups in total. The van der Waals surface area contributed by atoms with Crippen molar-refractivity contribution in [2.24, 2.45) is 0 Å². The normalized spacial score (nSPS) is 10.3. The number of ether oxygens (including phenoxy) is 2. The fraction of sp³-hybridized carbons (Fsp3) is 0.235. The third kappa shape index (κ3) is 3.15. The number of benzene rings is 1. The minimum atomic E-state index is -0.695. The molecular formula is C17H18N2O5. The molecule has 2 rings (SSSR count). The van der Waals surface area contributed by atoms with Gasteiger partial charge in [-0.25, -0.2) is 4.79 Å². The van der Waals surface area contributed by atoms with Crippen molar-refractivity contribution in [1.82, 2.24) is 4.57 Å². The molecule has 0 bridgehead atoms. The van der Waals surface area contributed by atoms with E-state index in [-0.39, 0.29) is 23.6 Å². The average molecular weight is 330 g/mol. The zero-order chi connectivity index (χ0) is 17.9. The number of nitrogens with zero attached hydrogens (tertiary/aromatic N) is 1. The lowest BCUT2D eigenvalue weighted by atomic mass is 10.1. The van der Waals surface area contributed by atoms with Gasteiger partial charge in [-0.2, -0.15) is 0 Å². The van der Waals surface area contributed by atoms with Crippen molar-refractivity contribution in [3.8, 4) is 11.4 Å². The summed E-state index contributed by atoms with van der Waals surface area (Å²) < 4.78 is 11.1. The Labute approximate surface area is 138 Å². The molecule has 0 aliphatic carbocycles. The van der Waals surface area contributed by atoms with E-state index in [0.29, 0.717) is 11.4 Å². The summed E-state index contributed by atoms with van der Waals surface area (Å²) in [5.74, 6) is -0.653. The molecule has 24 heavy (non-hydrogen) atoms. The zero-order valence-corrected chi connectivity index (χ0v) is 13.7. The molecule has 126 valence electrons. The molecule has 0 saturated heterocycles. The van der Waals surface area contributed by atoms with E-state index in [1.807, 2.05) is 0 Å². The lowest BCUT2D eigenvalue weighted by Gasteiger charge is -2.15. The zero-order valence-electron chi connectivity index (χ0n) is 13.7. The smallest absolute Gasteiger partial charge is 0.341 e. The minimum absolute atomic E-state index is 0.0301. The van der Waals surface area contributed by atoms with Crippen LogP contribution in [0, 0.1) is 0 Å². The number of rotatable bonds is 5. The second-order valence-corrected chi connectivity index (χ2v) is 4.97. The van der Waals surface area contributed by atoms with Gasteiger partial charge in [0.15, 0.2) is 5.78 Å². The maximum Gasteiger partial charge on any atom is 0.341 e. The number of ketones is 1. The van der Waals surface area contributed by atoms with Gasteiger partial charge in [0.05, 0.1) is 25.0 Å². The minimum Gasteiger partial charge on any atom is -0.497 e. The van der Waals surface area contributed by atoms with Crippen LogP contribution in [0.1, 0.15) is 34.6 Å². The van der Waals surface area contributed by atoms with Gasteiger partial charge in [-0.1, -0.05) is 0 Å². The Balaban J connectivity index is 2.74. The fourth-order valence-corrected chi connectivity index (χ4v) is 2.24. The second-order valence-electron chi connectivity index (χ2n) is 4.97. The fourth-order valence-electron chi connectivity index (χ4n) is 2.24. The summed E-state index contributed by atoms with van der Waals surface area (Å²) in [5.41, 5.74) is 5.65. The second kappa shape index (κ2) is 6.99. The first-order valence-corrected chi connectivity index (χ1v) is 7.28. The van der Waals surface area contributed by atoms with Gasteiger partial charge >= 0.3 is 5.97 Å². The number of esters is 1. The molecule has 1 heterocycles. The van der Waals surface area contributed by atoms with Crippen molar-refractivity contribution in [3.63, 3.8) is 0 Å². The van der Waals surface area contributed by atoms with Crippen molar-refractivity contribution in [2.75, 3.05) is 19.5 Å². The standard InChI is InChI=1S/C17H18N2O5/c1-4-24-17(22)14-9-13(10(2)20)16(21)19(15(14)18)11-5-7-12(23-3)8-6-11/h5-9H,4,18H2,1-3H3. The quantitative estimate of drug-likeness (QED) is 0.663. The van der Waals surface area contributed by atoms with Crippen LogP contribution in [-0.2, 0) is 4.74 Å². The summed E-state index contributed by atoms with van der Waals surface area (Å²) in [6.45, 7) is 3.05. The Morgan fingerprint density at radius 1 is 1.17 bits per heavy atom. The first-order valence-electron chi connectivity index (χ1n) is 7.28. The average Bonchev–Trinajstić information content (AvgIpc) is 2.55. The lowest BCUT2D eigenvalue weighted by Crippen LogP contribution is -2.29. The molecule has 0 aliphatic heterocycles. The summed E-state index contributed by atoms with van der Waals surface area (Å²) in [7, 11) is 1.52. The highest BCUT2D eigenvalue weighted by Gasteiger charge is 2.21. The summed E-state index contributed by atoms with van der Waals surface area (Å²) in [6, 6.07) is 7.68. The molecule has 0 fully saturated rings. The number of nitrogens with two attached hydrogens (primary N) is 1. The number of anilines is 1. The Morgan fingerprint density at radius 3 is 2.29 bits per heavy atom. The Morgan fingerprint density at radius 2 is 1.79 bits per heavy atom. The SMILES string of the molecule is CCOC(=O)c1cc(C(C)=O)c(=O)n(-c2ccc(OC)cc2)c1N. The van der Waals surface area contributed by atoms with Crippen LogP contribution in [0.4, 0.5) is 5.82 Å². The van der Waals surface area contributed by atoms with Gasteiger partial charge < -0.3 is 15.2 Å². The lowest BCUT2D eigenvalue weighted by molar-refractivity contribution is 0.0527. The molecule has 0 spiro atoms. The number of pyridine rings is 1. The van der Waals surface area contributed by atoms with Gasteiger partial charge in [-0.05, 0) is 44.2 Å². The number of hydrogen-bond donors (Lipinski definition) is 1. The predicted octanol–water partition coefficient (Wildman–Crippen LogP) is 1.81. The Hall–Kier alpha value is -3.09. The Kier molecular flexibility index (Phi) is 5.03. The summed E-state index contributed by atoms with van der Waals surface area (Å²) in [5, 5.41) is 0. The third-order valence-electron chi connectivity index (χ3n) is 3.44. The maximum atomic E-state index is 12.6. The topological polar surface area (TPSA) is 101 Å². The van der Waals surface area contributed by atoms with Gasteiger partial charge in [0.25, 0.3) is 5.56 Å². The van der Waals surface area contributed by atoms with Gasteiger partial charge in [0.2, 0.25) is 0 Å². The molecule has 0 aliphatic rings. The number of Topliss-reactive ketones (excluding diaryl/α,β-unsaturated/α-hetero) is 1. The van der Waals surface area contributed by atoms with E-state index in [0.717, 1.165) is 4.57 Å². The van der Waals surface area contributed by atoms with Crippen molar-refractivity contribution < 1.29 is 19.1 Å². The highest BCUT2D eigenvalue weighted by molar-refractivity contribution is 6.00. The monoisotopic (exact) mass is 330 g/mol. The Bertz CT molecular complexity index is 837. The van der Waals surface area contributed by atoms with Gasteiger partial charge in [0, 0.05) is 0 Å². The van der Waals surface area contributed by atoms with E-state index in [1.54, 1.807) is 31.2 Å². The van der Waals surface area contributed by atoms with E-state index in [2.05, 4.69) is 0 Å². The number of hydrogen-bond acceptors (Lipinski definition) is 6. The molecule has 0 amide bonds. The number of aromatic nitrogens is 1. The maximum absolute atomic E-state index is 12.6. The highest BCUT2D eigenvalue weighted by atomic mass is 16.5. The summed E-state index contributed by atoms with van der Waals surface area (Å²) >= 11 is 0. The van der Waals surface area contributed by atoms with Crippen LogP contribution in [0.15, 0.2) is 35.1 Å². The summed E-state index contributed by atoms with van der Waals surface area (Å²) in [6.07, 6.45) is 0. The van der Waals surface area contributed by atoms with E-state index >= 15 is 0 Å². The number of nitrogen functional groups attached to an aromatic ring is 1. The van der Waals surface area contributed by atoms with Crippen LogP contribution in [0.3, 0.4) is 0 Å². The van der Waals surface area contributed by atoms with Crippen molar-refractivity contribution in [3.05, 3.63) is 51.8 Å². The summed E-state index contributed by atoms with van der Waals surface area (Å²) in [4.78, 5) is 36.5. The molecule has 1 aromatic carbocycles. The van der Waals surface area contributed by atoms with Crippen LogP contribution < -0.4 is 16.0 Å². The predicted molar refractivity (Wildman–Crippen MR) is 89.0 cm³/mol. The number of carbonyl (C=O) groups excluding carboxylic acids is 2. The molecule has 0 unspecified atom stereocenters. The van der Waals surface area contributed by atoms with E-state index in [1.165, 1.54) is 20.1 Å². The molecule has 7 heteroatoms. The van der Waals surface area contributed by atoms with Crippen LogP contribution in [-0.4, -0.2) is 30.0 Å². The van der Waals surface area contributed by atoms with E-state index in [4.69, 9.17) is 15.2 Å². The number of methoxy groups -OCH3 is 1. The molecule has 1 aromatic heterocycles. The van der Waals surface area contributed by atoms with E-state index < -0.39 is 17.3 Å². The molecule has 0 saturated carbocycles.